The summed E-state index contributed by atoms with van der Waals surface area (Å²) >= 11 is 8.69. The maximum absolute atomic E-state index is 7.88. The van der Waals surface area contributed by atoms with Gasteiger partial charge in [0, 0.05) is 24.0 Å². The molecule has 0 aromatic carbocycles. The normalized spacial score (nSPS) is 42.3. The fourth-order valence-corrected chi connectivity index (χ4v) is 1.23. The highest BCUT2D eigenvalue weighted by atomic mass is 79.9. The Morgan fingerprint density at radius 1 is 1.54 bits per heavy atom. The van der Waals surface area contributed by atoms with Gasteiger partial charge in [-0.3, -0.25) is 0 Å². The zero-order valence-electron chi connectivity index (χ0n) is 15.1. The molecule has 0 saturated carbocycles. The Balaban J connectivity index is 2.80. The number of anilines is 1. The van der Waals surface area contributed by atoms with Crippen molar-refractivity contribution in [3.63, 3.8) is 0 Å². The van der Waals surface area contributed by atoms with Gasteiger partial charge in [0.2, 0.25) is 0 Å². The van der Waals surface area contributed by atoms with Crippen LogP contribution in [0.1, 0.15) is 25.1 Å². The molecule has 0 aliphatic carbocycles. The second kappa shape index (κ2) is 3.80. The number of halogens is 2. The summed E-state index contributed by atoms with van der Waals surface area (Å²) in [5.41, 5.74) is 0. The van der Waals surface area contributed by atoms with E-state index in [1.165, 1.54) is 0 Å². The van der Waals surface area contributed by atoms with Gasteiger partial charge in [-0.1, -0.05) is 11.6 Å². The van der Waals surface area contributed by atoms with E-state index in [9.17, 15) is 0 Å². The molecular formula is C8H9BrClN3. The fourth-order valence-electron chi connectivity index (χ4n) is 0.756. The molecule has 0 spiro atoms. The summed E-state index contributed by atoms with van der Waals surface area (Å²) in [5, 5.41) is -0.297. The van der Waals surface area contributed by atoms with E-state index in [4.69, 9.17) is 23.9 Å². The summed E-state index contributed by atoms with van der Waals surface area (Å²) in [6.45, 7) is -6.18. The van der Waals surface area contributed by atoms with Gasteiger partial charge in [-0.05, 0) is 28.7 Å². The molecule has 0 amide bonds. The van der Waals surface area contributed by atoms with Crippen molar-refractivity contribution in [3.8, 4) is 0 Å². The Hall–Kier alpha value is -0.350. The van der Waals surface area contributed by atoms with Crippen LogP contribution in [0.3, 0.4) is 0 Å². The van der Waals surface area contributed by atoms with Gasteiger partial charge >= 0.3 is 0 Å². The van der Waals surface area contributed by atoms with Gasteiger partial charge in [-0.15, -0.1) is 0 Å². The summed E-state index contributed by atoms with van der Waals surface area (Å²) in [7, 11) is 0. The standard InChI is InChI=1S/C8H9BrClN3/c9-6-7(10)11-5-12-8(6)13-3-1-2-4-13/h5H,1-4H2/i1D2,2D2,3D2,4D2,5D. The average Bonchev–Trinajstić information content (AvgIpc) is 2.39. The third-order valence-corrected chi connectivity index (χ3v) is 2.52. The van der Waals surface area contributed by atoms with Crippen molar-refractivity contribution < 1.29 is 12.3 Å². The van der Waals surface area contributed by atoms with Crippen molar-refractivity contribution in [2.75, 3.05) is 17.9 Å². The number of aromatic nitrogens is 2. The summed E-state index contributed by atoms with van der Waals surface area (Å²) in [6.07, 6.45) is -7.02. The number of nitrogens with zero attached hydrogens (tertiary/aromatic N) is 3. The van der Waals surface area contributed by atoms with Gasteiger partial charge in [0.15, 0.2) is 0 Å². The van der Waals surface area contributed by atoms with Gasteiger partial charge < -0.3 is 4.90 Å². The lowest BCUT2D eigenvalue weighted by atomic mass is 10.4. The molecule has 0 N–H and O–H groups in total. The number of hydrogen-bond donors (Lipinski definition) is 0. The molecule has 0 atom stereocenters. The zero-order valence-corrected chi connectivity index (χ0v) is 8.44. The summed E-state index contributed by atoms with van der Waals surface area (Å²) in [4.78, 5) is 7.28. The van der Waals surface area contributed by atoms with Crippen molar-refractivity contribution in [2.24, 2.45) is 0 Å². The lowest BCUT2D eigenvalue weighted by Gasteiger charge is -2.17. The van der Waals surface area contributed by atoms with Crippen LogP contribution < -0.4 is 4.90 Å². The van der Waals surface area contributed by atoms with Gasteiger partial charge in [0.1, 0.15) is 18.6 Å². The highest BCUT2D eigenvalue weighted by Crippen LogP contribution is 2.30. The van der Waals surface area contributed by atoms with E-state index in [-0.39, 0.29) is 14.5 Å². The Labute approximate surface area is 103 Å². The lowest BCUT2D eigenvalue weighted by molar-refractivity contribution is 0.921. The summed E-state index contributed by atoms with van der Waals surface area (Å²) in [5.74, 6) is -0.537. The van der Waals surface area contributed by atoms with Crippen molar-refractivity contribution in [1.29, 1.82) is 0 Å². The minimum absolute atomic E-state index is 0.161. The predicted octanol–water partition coefficient (Wildman–Crippen LogP) is 2.49. The van der Waals surface area contributed by atoms with E-state index in [0.717, 1.165) is 0 Å². The molecular weight excluding hydrogens is 253 g/mol. The Kier molecular flexibility index (Phi) is 0.978. The Bertz CT molecular complexity index is 612. The molecule has 1 aliphatic heterocycles. The first-order valence-corrected chi connectivity index (χ1v) is 4.36. The quantitative estimate of drug-likeness (QED) is 0.735. The maximum atomic E-state index is 7.88. The first-order valence-electron chi connectivity index (χ1n) is 7.69. The lowest BCUT2D eigenvalue weighted by Crippen LogP contribution is -2.19. The Morgan fingerprint density at radius 2 is 2.23 bits per heavy atom. The van der Waals surface area contributed by atoms with E-state index in [1.807, 2.05) is 0 Å². The van der Waals surface area contributed by atoms with E-state index in [0.29, 0.717) is 0 Å². The SMILES string of the molecule is [2H]c1nc(Cl)c(Br)c(N2C([2H])([2H])C([2H])([2H])C([2H])([2H])C2([2H])[2H])n1. The van der Waals surface area contributed by atoms with Gasteiger partial charge in [-0.25, -0.2) is 9.97 Å². The minimum atomic E-state index is -3.19. The first kappa shape index (κ1) is 3.35. The van der Waals surface area contributed by atoms with E-state index >= 15 is 0 Å². The van der Waals surface area contributed by atoms with Crippen molar-refractivity contribution in [2.45, 2.75) is 12.7 Å². The monoisotopic (exact) mass is 270 g/mol. The summed E-state index contributed by atoms with van der Waals surface area (Å²) < 4.78 is 69.6. The molecule has 1 fully saturated rings. The first-order chi connectivity index (χ1) is 9.69. The second-order valence-corrected chi connectivity index (χ2v) is 3.21. The zero-order chi connectivity index (χ0) is 17.3. The molecule has 2 rings (SSSR count). The highest BCUT2D eigenvalue weighted by Gasteiger charge is 2.17. The molecule has 1 aliphatic rings. The predicted molar refractivity (Wildman–Crippen MR) is 56.2 cm³/mol. The molecule has 1 aromatic heterocycles. The maximum Gasteiger partial charge on any atom is 0.148 e. The van der Waals surface area contributed by atoms with Crippen LogP contribution in [0, 0.1) is 0 Å². The largest absolute Gasteiger partial charge is 0.356 e. The molecule has 0 radical (unpaired) electrons. The van der Waals surface area contributed by atoms with Crippen LogP contribution in [0.15, 0.2) is 10.8 Å². The molecule has 1 aromatic rings. The number of rotatable bonds is 1. The van der Waals surface area contributed by atoms with Crippen LogP contribution in [0.25, 0.3) is 0 Å². The van der Waals surface area contributed by atoms with Crippen molar-refractivity contribution in [1.82, 2.24) is 9.97 Å². The molecule has 0 bridgehead atoms. The van der Waals surface area contributed by atoms with Crippen LogP contribution >= 0.6 is 27.5 Å². The van der Waals surface area contributed by atoms with Crippen molar-refractivity contribution >= 4 is 33.3 Å². The summed E-state index contributed by atoms with van der Waals surface area (Å²) in [6, 6.07) is 0. The highest BCUT2D eigenvalue weighted by molar-refractivity contribution is 9.10. The number of hydrogen-bond acceptors (Lipinski definition) is 3. The minimum Gasteiger partial charge on any atom is -0.356 e. The molecule has 5 heteroatoms. The fraction of sp³-hybridized carbons (Fsp3) is 0.500. The average molecular weight is 272 g/mol. The van der Waals surface area contributed by atoms with E-state index < -0.39 is 37.9 Å². The van der Waals surface area contributed by atoms with Crippen LogP contribution in [-0.4, -0.2) is 23.0 Å². The van der Waals surface area contributed by atoms with Crippen LogP contribution in [0.2, 0.25) is 5.15 Å². The van der Waals surface area contributed by atoms with Crippen LogP contribution in [0.5, 0.6) is 0 Å². The third-order valence-electron chi connectivity index (χ3n) is 1.29. The van der Waals surface area contributed by atoms with E-state index in [2.05, 4.69) is 25.9 Å². The van der Waals surface area contributed by atoms with Gasteiger partial charge in [-0.2, -0.15) is 0 Å². The van der Waals surface area contributed by atoms with E-state index in [1.54, 1.807) is 0 Å². The Morgan fingerprint density at radius 3 is 2.92 bits per heavy atom. The molecule has 0 unspecified atom stereocenters. The van der Waals surface area contributed by atoms with Crippen LogP contribution in [0.4, 0.5) is 5.82 Å². The van der Waals surface area contributed by atoms with Crippen LogP contribution in [-0.2, 0) is 0 Å². The van der Waals surface area contributed by atoms with Gasteiger partial charge in [0.25, 0.3) is 0 Å². The third kappa shape index (κ3) is 1.79. The second-order valence-electron chi connectivity index (χ2n) is 2.06. The topological polar surface area (TPSA) is 29.0 Å². The smallest absolute Gasteiger partial charge is 0.148 e. The molecule has 2 heterocycles. The van der Waals surface area contributed by atoms with Gasteiger partial charge in [0.05, 0.1) is 4.47 Å². The molecule has 1 saturated heterocycles. The molecule has 3 nitrogen and oxygen atoms in total. The molecule has 13 heavy (non-hydrogen) atoms. The molecule has 70 valence electrons. The van der Waals surface area contributed by atoms with Crippen molar-refractivity contribution in [3.05, 3.63) is 15.9 Å².